The van der Waals surface area contributed by atoms with Gasteiger partial charge < -0.3 is 20.4 Å². The first kappa shape index (κ1) is 14.9. The predicted octanol–water partition coefficient (Wildman–Crippen LogP) is -2.83. The Morgan fingerprint density at radius 1 is 1.35 bits per heavy atom. The van der Waals surface area contributed by atoms with Gasteiger partial charge in [0.2, 0.25) is 0 Å². The van der Waals surface area contributed by atoms with E-state index in [-0.39, 0.29) is 6.54 Å². The van der Waals surface area contributed by atoms with Gasteiger partial charge in [0, 0.05) is 30.1 Å². The van der Waals surface area contributed by atoms with Gasteiger partial charge in [-0.3, -0.25) is 14.3 Å². The molecule has 0 spiro atoms. The first-order valence-corrected chi connectivity index (χ1v) is 6.32. The number of hydrogen-bond acceptors (Lipinski definition) is 6. The van der Waals surface area contributed by atoms with Gasteiger partial charge in [-0.2, -0.15) is 0 Å². The zero-order valence-electron chi connectivity index (χ0n) is 10.9. The van der Waals surface area contributed by atoms with E-state index in [9.17, 15) is 24.9 Å². The third kappa shape index (κ3) is 2.42. The summed E-state index contributed by atoms with van der Waals surface area (Å²) < 4.78 is 1.22. The molecule has 0 saturated heterocycles. The summed E-state index contributed by atoms with van der Waals surface area (Å²) in [6, 6.07) is 0. The Hall–Kier alpha value is -1.48. The number of nitrogens with one attached hydrogen (secondary N) is 1. The van der Waals surface area contributed by atoms with Crippen LogP contribution >= 0.6 is 0 Å². The molecule has 5 N–H and O–H groups in total. The molecule has 1 aliphatic carbocycles. The quantitative estimate of drug-likeness (QED) is 0.405. The third-order valence-electron chi connectivity index (χ3n) is 3.91. The lowest BCUT2D eigenvalue weighted by atomic mass is 9.65. The molecule has 1 heterocycles. The largest absolute Gasteiger partial charge is 0.394 e. The molecular weight excluding hydrogens is 268 g/mol. The maximum absolute atomic E-state index is 11.7. The van der Waals surface area contributed by atoms with Crippen molar-refractivity contribution in [2.45, 2.75) is 31.8 Å². The fourth-order valence-electron chi connectivity index (χ4n) is 2.66. The Labute approximate surface area is 113 Å². The van der Waals surface area contributed by atoms with Crippen molar-refractivity contribution in [1.82, 2.24) is 9.55 Å². The molecule has 5 atom stereocenters. The number of nitrogens with zero attached hydrogens (tertiary/aromatic N) is 1. The van der Waals surface area contributed by atoms with Crippen LogP contribution in [0.15, 0.2) is 15.8 Å². The van der Waals surface area contributed by atoms with Crippen LogP contribution in [0.4, 0.5) is 0 Å². The number of aliphatic hydroxyl groups excluding tert-OH is 4. The zero-order chi connectivity index (χ0) is 15.0. The molecule has 0 unspecified atom stereocenters. The topological polar surface area (TPSA) is 136 Å². The minimum absolute atomic E-state index is 0.0381. The van der Waals surface area contributed by atoms with E-state index in [1.54, 1.807) is 6.92 Å². The van der Waals surface area contributed by atoms with E-state index in [0.29, 0.717) is 5.56 Å². The maximum Gasteiger partial charge on any atom is 0.328 e. The highest BCUT2D eigenvalue weighted by atomic mass is 16.3. The Bertz CT molecular complexity index is 590. The second-order valence-corrected chi connectivity index (χ2v) is 5.20. The molecule has 1 aliphatic rings. The minimum atomic E-state index is -1.17. The van der Waals surface area contributed by atoms with E-state index in [1.807, 2.05) is 0 Å². The Balaban J connectivity index is 2.23. The zero-order valence-corrected chi connectivity index (χ0v) is 10.9. The van der Waals surface area contributed by atoms with E-state index in [4.69, 9.17) is 5.11 Å². The summed E-state index contributed by atoms with van der Waals surface area (Å²) in [6.07, 6.45) is -2.03. The summed E-state index contributed by atoms with van der Waals surface area (Å²) >= 11 is 0. The van der Waals surface area contributed by atoms with Crippen molar-refractivity contribution in [3.63, 3.8) is 0 Å². The van der Waals surface area contributed by atoms with E-state index < -0.39 is 48.0 Å². The molecule has 0 bridgehead atoms. The Morgan fingerprint density at radius 3 is 2.60 bits per heavy atom. The van der Waals surface area contributed by atoms with Gasteiger partial charge in [-0.25, -0.2) is 4.79 Å². The molecule has 8 heteroatoms. The molecule has 1 saturated carbocycles. The molecule has 2 rings (SSSR count). The van der Waals surface area contributed by atoms with Gasteiger partial charge >= 0.3 is 5.69 Å². The Kier molecular flexibility index (Phi) is 4.09. The first-order chi connectivity index (χ1) is 9.36. The average Bonchev–Trinajstić information content (AvgIpc) is 2.42. The van der Waals surface area contributed by atoms with Crippen molar-refractivity contribution in [1.29, 1.82) is 0 Å². The van der Waals surface area contributed by atoms with Crippen LogP contribution in [-0.4, -0.2) is 54.9 Å². The third-order valence-corrected chi connectivity index (χ3v) is 3.91. The van der Waals surface area contributed by atoms with Crippen LogP contribution in [0.2, 0.25) is 0 Å². The van der Waals surface area contributed by atoms with E-state index in [1.165, 1.54) is 10.8 Å². The van der Waals surface area contributed by atoms with Crippen molar-refractivity contribution >= 4 is 0 Å². The summed E-state index contributed by atoms with van der Waals surface area (Å²) in [6.45, 7) is 1.04. The SMILES string of the molecule is Cc1cn(C[C@@H]2[C@H](O)[C@H](O)[C@@H]2[C@H](O)CO)c(=O)[nH]c1=O. The van der Waals surface area contributed by atoms with Gasteiger partial charge in [-0.15, -0.1) is 0 Å². The van der Waals surface area contributed by atoms with Crippen LogP contribution in [0.3, 0.4) is 0 Å². The van der Waals surface area contributed by atoms with Crippen LogP contribution in [0.1, 0.15) is 5.56 Å². The molecule has 112 valence electrons. The van der Waals surface area contributed by atoms with Crippen molar-refractivity contribution in [3.05, 3.63) is 32.6 Å². The molecule has 0 aromatic carbocycles. The highest BCUT2D eigenvalue weighted by Gasteiger charge is 2.52. The van der Waals surface area contributed by atoms with E-state index in [2.05, 4.69) is 4.98 Å². The van der Waals surface area contributed by atoms with Crippen LogP contribution in [0, 0.1) is 18.8 Å². The first-order valence-electron chi connectivity index (χ1n) is 6.32. The van der Waals surface area contributed by atoms with Gasteiger partial charge in [0.05, 0.1) is 24.9 Å². The van der Waals surface area contributed by atoms with E-state index in [0.717, 1.165) is 0 Å². The highest BCUT2D eigenvalue weighted by Crippen LogP contribution is 2.38. The van der Waals surface area contributed by atoms with Crippen LogP contribution < -0.4 is 11.2 Å². The van der Waals surface area contributed by atoms with Gasteiger partial charge in [-0.05, 0) is 6.92 Å². The molecule has 8 nitrogen and oxygen atoms in total. The van der Waals surface area contributed by atoms with Crippen LogP contribution in [-0.2, 0) is 6.54 Å². The number of aromatic nitrogens is 2. The molecule has 1 aromatic rings. The van der Waals surface area contributed by atoms with Gasteiger partial charge in [-0.1, -0.05) is 0 Å². The van der Waals surface area contributed by atoms with Crippen molar-refractivity contribution in [2.24, 2.45) is 11.8 Å². The van der Waals surface area contributed by atoms with Crippen molar-refractivity contribution in [2.75, 3.05) is 6.61 Å². The lowest BCUT2D eigenvalue weighted by Crippen LogP contribution is -2.62. The molecule has 0 amide bonds. The number of aryl methyl sites for hydroxylation is 1. The van der Waals surface area contributed by atoms with Gasteiger partial charge in [0.25, 0.3) is 5.56 Å². The molecule has 0 radical (unpaired) electrons. The van der Waals surface area contributed by atoms with Gasteiger partial charge in [0.15, 0.2) is 0 Å². The standard InChI is InChI=1S/C12H18N2O6/c1-5-2-14(12(20)13-11(5)19)3-6-8(7(16)4-15)10(18)9(6)17/h2,6-10,15-18H,3-4H2,1H3,(H,13,19,20)/t6-,7+,8-,9-,10+/m0/s1. The summed E-state index contributed by atoms with van der Waals surface area (Å²) in [5.41, 5.74) is -0.753. The average molecular weight is 286 g/mol. The highest BCUT2D eigenvalue weighted by molar-refractivity contribution is 5.04. The van der Waals surface area contributed by atoms with Gasteiger partial charge in [0.1, 0.15) is 0 Å². The smallest absolute Gasteiger partial charge is 0.328 e. The predicted molar refractivity (Wildman–Crippen MR) is 68.1 cm³/mol. The summed E-state index contributed by atoms with van der Waals surface area (Å²) in [5.74, 6) is -1.29. The monoisotopic (exact) mass is 286 g/mol. The lowest BCUT2D eigenvalue weighted by molar-refractivity contribution is -0.197. The van der Waals surface area contributed by atoms with Crippen molar-refractivity contribution < 1.29 is 20.4 Å². The fraction of sp³-hybridized carbons (Fsp3) is 0.667. The molecule has 1 fully saturated rings. The van der Waals surface area contributed by atoms with E-state index >= 15 is 0 Å². The maximum atomic E-state index is 11.7. The number of hydrogen-bond donors (Lipinski definition) is 5. The summed E-state index contributed by atoms with van der Waals surface area (Å²) in [4.78, 5) is 25.1. The molecule has 1 aromatic heterocycles. The molecule has 0 aliphatic heterocycles. The van der Waals surface area contributed by atoms with Crippen LogP contribution in [0.25, 0.3) is 0 Å². The minimum Gasteiger partial charge on any atom is -0.394 e. The normalized spacial score (nSPS) is 30.9. The molecular formula is C12H18N2O6. The second-order valence-electron chi connectivity index (χ2n) is 5.20. The number of H-pyrrole nitrogens is 1. The summed E-state index contributed by atoms with van der Waals surface area (Å²) in [7, 11) is 0. The van der Waals surface area contributed by atoms with Crippen molar-refractivity contribution in [3.8, 4) is 0 Å². The second kappa shape index (κ2) is 5.49. The fourth-order valence-corrected chi connectivity index (χ4v) is 2.66. The number of aromatic amines is 1. The number of rotatable bonds is 4. The molecule has 20 heavy (non-hydrogen) atoms. The van der Waals surface area contributed by atoms with Crippen LogP contribution in [0.5, 0.6) is 0 Å². The number of aliphatic hydroxyl groups is 4. The lowest BCUT2D eigenvalue weighted by Gasteiger charge is -2.48. The summed E-state index contributed by atoms with van der Waals surface area (Å²) in [5, 5.41) is 37.9. The Morgan fingerprint density at radius 2 is 2.00 bits per heavy atom.